The first-order valence-corrected chi connectivity index (χ1v) is 6.57. The molecule has 0 unspecified atom stereocenters. The number of hydrogen-bond donors (Lipinski definition) is 0. The van der Waals surface area contributed by atoms with Gasteiger partial charge in [0.1, 0.15) is 9.84 Å². The molecule has 0 aromatic rings. The second kappa shape index (κ2) is 3.44. The van der Waals surface area contributed by atoms with Crippen LogP contribution in [0.15, 0.2) is 12.2 Å². The van der Waals surface area contributed by atoms with Crippen LogP contribution >= 0.6 is 0 Å². The number of amides is 2. The second-order valence-corrected chi connectivity index (χ2v) is 6.07. The zero-order valence-electron chi connectivity index (χ0n) is 8.05. The fraction of sp³-hybridized carbons (Fsp3) is 0.556. The average molecular weight is 229 g/mol. The van der Waals surface area contributed by atoms with Crippen molar-refractivity contribution < 1.29 is 18.0 Å². The zero-order chi connectivity index (χ0) is 11.1. The van der Waals surface area contributed by atoms with Crippen LogP contribution in [0.5, 0.6) is 0 Å². The predicted octanol–water partition coefficient (Wildman–Crippen LogP) is -0.511. The van der Waals surface area contributed by atoms with Gasteiger partial charge in [0.2, 0.25) is 0 Å². The fourth-order valence-electron chi connectivity index (χ4n) is 1.91. The molecule has 0 aliphatic carbocycles. The zero-order valence-corrected chi connectivity index (χ0v) is 8.87. The van der Waals surface area contributed by atoms with E-state index < -0.39 is 9.84 Å². The van der Waals surface area contributed by atoms with Gasteiger partial charge in [-0.25, -0.2) is 8.42 Å². The maximum atomic E-state index is 11.3. The van der Waals surface area contributed by atoms with Crippen LogP contribution in [0, 0.1) is 0 Å². The van der Waals surface area contributed by atoms with Gasteiger partial charge >= 0.3 is 0 Å². The summed E-state index contributed by atoms with van der Waals surface area (Å²) in [5, 5.41) is 0. The lowest BCUT2D eigenvalue weighted by Crippen LogP contribution is -2.44. The molecule has 6 heteroatoms. The monoisotopic (exact) mass is 229 g/mol. The summed E-state index contributed by atoms with van der Waals surface area (Å²) in [7, 11) is -2.95. The molecule has 15 heavy (non-hydrogen) atoms. The number of imide groups is 1. The lowest BCUT2D eigenvalue weighted by molar-refractivity contribution is -0.139. The van der Waals surface area contributed by atoms with Gasteiger partial charge in [-0.15, -0.1) is 0 Å². The molecule has 2 amide bonds. The minimum atomic E-state index is -2.95. The van der Waals surface area contributed by atoms with Crippen LogP contribution < -0.4 is 0 Å². The molecule has 1 fully saturated rings. The van der Waals surface area contributed by atoms with Gasteiger partial charge in [-0.05, 0) is 12.8 Å². The summed E-state index contributed by atoms with van der Waals surface area (Å²) in [5.74, 6) is -0.530. The SMILES string of the molecule is O=C1C=CC(=O)N1C1CCS(=O)(=O)CC1. The molecule has 0 aromatic carbocycles. The third-order valence-electron chi connectivity index (χ3n) is 2.73. The molecule has 0 aromatic heterocycles. The van der Waals surface area contributed by atoms with E-state index in [0.717, 1.165) is 4.90 Å². The molecule has 0 bridgehead atoms. The minimum Gasteiger partial charge on any atom is -0.272 e. The van der Waals surface area contributed by atoms with Gasteiger partial charge < -0.3 is 0 Å². The molecular formula is C9H11NO4S. The first kappa shape index (κ1) is 10.4. The highest BCUT2D eigenvalue weighted by atomic mass is 32.2. The highest BCUT2D eigenvalue weighted by molar-refractivity contribution is 7.91. The third-order valence-corrected chi connectivity index (χ3v) is 4.45. The van der Waals surface area contributed by atoms with Crippen molar-refractivity contribution in [2.24, 2.45) is 0 Å². The molecule has 0 radical (unpaired) electrons. The van der Waals surface area contributed by atoms with Crippen molar-refractivity contribution in [1.29, 1.82) is 0 Å². The minimum absolute atomic E-state index is 0.0642. The third kappa shape index (κ3) is 1.94. The largest absolute Gasteiger partial charge is 0.272 e. The first-order chi connectivity index (χ1) is 6.99. The fourth-order valence-corrected chi connectivity index (χ4v) is 3.37. The lowest BCUT2D eigenvalue weighted by atomic mass is 10.1. The Morgan fingerprint density at radius 2 is 1.53 bits per heavy atom. The van der Waals surface area contributed by atoms with Crippen molar-refractivity contribution in [2.45, 2.75) is 18.9 Å². The first-order valence-electron chi connectivity index (χ1n) is 4.75. The number of hydrogen-bond acceptors (Lipinski definition) is 4. The summed E-state index contributed by atoms with van der Waals surface area (Å²) in [6.45, 7) is 0. The van der Waals surface area contributed by atoms with Crippen LogP contribution in [-0.2, 0) is 19.4 Å². The van der Waals surface area contributed by atoms with Gasteiger partial charge in [-0.3, -0.25) is 14.5 Å². The normalized spacial score (nSPS) is 26.3. The van der Waals surface area contributed by atoms with Crippen LogP contribution in [0.3, 0.4) is 0 Å². The van der Waals surface area contributed by atoms with Crippen LogP contribution in [0.25, 0.3) is 0 Å². The summed E-state index contributed by atoms with van der Waals surface area (Å²) < 4.78 is 22.3. The van der Waals surface area contributed by atoms with E-state index in [1.54, 1.807) is 0 Å². The highest BCUT2D eigenvalue weighted by Gasteiger charge is 2.35. The van der Waals surface area contributed by atoms with E-state index in [-0.39, 0.29) is 29.4 Å². The molecule has 2 rings (SSSR count). The number of carbonyl (C=O) groups is 2. The summed E-state index contributed by atoms with van der Waals surface area (Å²) in [5.41, 5.74) is 0. The van der Waals surface area contributed by atoms with Gasteiger partial charge in [-0.1, -0.05) is 0 Å². The standard InChI is InChI=1S/C9H11NO4S/c11-8-1-2-9(12)10(8)7-3-5-15(13,14)6-4-7/h1-2,7H,3-6H2. The Hall–Kier alpha value is -1.17. The predicted molar refractivity (Wildman–Crippen MR) is 52.7 cm³/mol. The quantitative estimate of drug-likeness (QED) is 0.568. The Morgan fingerprint density at radius 3 is 2.00 bits per heavy atom. The van der Waals surface area contributed by atoms with Crippen molar-refractivity contribution in [2.75, 3.05) is 11.5 Å². The molecule has 2 aliphatic rings. The Labute approximate surface area is 87.7 Å². The summed E-state index contributed by atoms with van der Waals surface area (Å²) in [6.07, 6.45) is 3.18. The van der Waals surface area contributed by atoms with E-state index in [4.69, 9.17) is 0 Å². The molecule has 82 valence electrons. The van der Waals surface area contributed by atoms with Crippen molar-refractivity contribution in [3.8, 4) is 0 Å². The maximum absolute atomic E-state index is 11.3. The van der Waals surface area contributed by atoms with E-state index in [0.29, 0.717) is 12.8 Å². The van der Waals surface area contributed by atoms with Gasteiger partial charge in [0, 0.05) is 18.2 Å². The molecule has 2 heterocycles. The Bertz CT molecular complexity index is 405. The Morgan fingerprint density at radius 1 is 1.07 bits per heavy atom. The molecule has 2 aliphatic heterocycles. The van der Waals surface area contributed by atoms with Crippen molar-refractivity contribution >= 4 is 21.7 Å². The lowest BCUT2D eigenvalue weighted by Gasteiger charge is -2.29. The van der Waals surface area contributed by atoms with Crippen LogP contribution in [-0.4, -0.2) is 42.7 Å². The van der Waals surface area contributed by atoms with E-state index in [2.05, 4.69) is 0 Å². The molecule has 1 saturated heterocycles. The molecule has 0 atom stereocenters. The summed E-state index contributed by atoms with van der Waals surface area (Å²) in [6, 6.07) is -0.247. The molecule has 5 nitrogen and oxygen atoms in total. The summed E-state index contributed by atoms with van der Waals surface area (Å²) in [4.78, 5) is 23.8. The van der Waals surface area contributed by atoms with Crippen LogP contribution in [0.2, 0.25) is 0 Å². The molecule has 0 N–H and O–H groups in total. The van der Waals surface area contributed by atoms with Crippen LogP contribution in [0.1, 0.15) is 12.8 Å². The van der Waals surface area contributed by atoms with Gasteiger partial charge in [-0.2, -0.15) is 0 Å². The van der Waals surface area contributed by atoms with Crippen molar-refractivity contribution in [3.05, 3.63) is 12.2 Å². The molecular weight excluding hydrogens is 218 g/mol. The highest BCUT2D eigenvalue weighted by Crippen LogP contribution is 2.21. The van der Waals surface area contributed by atoms with Crippen molar-refractivity contribution in [3.63, 3.8) is 0 Å². The van der Waals surface area contributed by atoms with Gasteiger partial charge in [0.05, 0.1) is 11.5 Å². The number of rotatable bonds is 1. The number of carbonyl (C=O) groups excluding carboxylic acids is 2. The second-order valence-electron chi connectivity index (χ2n) is 3.76. The van der Waals surface area contributed by atoms with E-state index >= 15 is 0 Å². The smallest absolute Gasteiger partial charge is 0.253 e. The number of nitrogens with zero attached hydrogens (tertiary/aromatic N) is 1. The van der Waals surface area contributed by atoms with Crippen molar-refractivity contribution in [1.82, 2.24) is 4.90 Å². The molecule has 0 spiro atoms. The average Bonchev–Trinajstić information content (AvgIpc) is 2.48. The Balaban J connectivity index is 2.08. The maximum Gasteiger partial charge on any atom is 0.253 e. The van der Waals surface area contributed by atoms with E-state index in [9.17, 15) is 18.0 Å². The summed E-state index contributed by atoms with van der Waals surface area (Å²) >= 11 is 0. The van der Waals surface area contributed by atoms with E-state index in [1.807, 2.05) is 0 Å². The topological polar surface area (TPSA) is 71.5 Å². The van der Waals surface area contributed by atoms with Gasteiger partial charge in [0.15, 0.2) is 0 Å². The number of sulfone groups is 1. The van der Waals surface area contributed by atoms with E-state index in [1.165, 1.54) is 12.2 Å². The van der Waals surface area contributed by atoms with Gasteiger partial charge in [0.25, 0.3) is 11.8 Å². The molecule has 0 saturated carbocycles. The van der Waals surface area contributed by atoms with Crippen LogP contribution in [0.4, 0.5) is 0 Å². The Kier molecular flexibility index (Phi) is 2.38.